The summed E-state index contributed by atoms with van der Waals surface area (Å²) in [6, 6.07) is 15.6. The minimum absolute atomic E-state index is 0.0605. The summed E-state index contributed by atoms with van der Waals surface area (Å²) in [4.78, 5) is 27.6. The Hall–Kier alpha value is -3.79. The first-order valence-corrected chi connectivity index (χ1v) is 13.6. The number of benzene rings is 3. The van der Waals surface area contributed by atoms with Crippen molar-refractivity contribution in [2.24, 2.45) is 0 Å². The van der Waals surface area contributed by atoms with Crippen molar-refractivity contribution in [2.45, 2.75) is 44.7 Å². The molecule has 0 aliphatic rings. The third-order valence-electron chi connectivity index (χ3n) is 6.02. The van der Waals surface area contributed by atoms with E-state index in [4.69, 9.17) is 0 Å². The van der Waals surface area contributed by atoms with Crippen molar-refractivity contribution in [2.75, 3.05) is 17.4 Å². The lowest BCUT2D eigenvalue weighted by Gasteiger charge is -2.32. The van der Waals surface area contributed by atoms with E-state index in [0.717, 1.165) is 26.9 Å². The Bertz CT molecular complexity index is 1360. The van der Waals surface area contributed by atoms with Gasteiger partial charge >= 0.3 is 0 Å². The molecule has 0 heterocycles. The quantitative estimate of drug-likeness (QED) is 0.388. The number of carbonyl (C=O) groups is 2. The largest absolute Gasteiger partial charge is 0.354 e. The summed E-state index contributed by atoms with van der Waals surface area (Å²) >= 11 is 0. The number of nitrogens with zero attached hydrogens (tertiary/aromatic N) is 2. The molecule has 0 unspecified atom stereocenters. The monoisotopic (exact) mass is 543 g/mol. The molecular weight excluding hydrogens is 512 g/mol. The van der Waals surface area contributed by atoms with Crippen molar-refractivity contribution in [3.05, 3.63) is 95.6 Å². The Morgan fingerprint density at radius 2 is 1.58 bits per heavy atom. The van der Waals surface area contributed by atoms with E-state index in [1.165, 1.54) is 49.4 Å². The number of carbonyl (C=O) groups excluding carboxylic acids is 2. The first-order chi connectivity index (χ1) is 18.0. The molecule has 202 valence electrons. The minimum Gasteiger partial charge on any atom is -0.354 e. The van der Waals surface area contributed by atoms with E-state index in [1.54, 1.807) is 18.2 Å². The predicted octanol–water partition coefficient (Wildman–Crippen LogP) is 4.41. The summed E-state index contributed by atoms with van der Waals surface area (Å²) in [5, 5.41) is 2.72. The van der Waals surface area contributed by atoms with Gasteiger partial charge < -0.3 is 10.2 Å². The maximum absolute atomic E-state index is 14.5. The molecule has 7 nitrogen and oxygen atoms in total. The first-order valence-electron chi connectivity index (χ1n) is 12.2. The standard InChI is InChI=1S/C28H31F2N3O4S/c1-4-17-31-28(35)21(3)32(18-22-7-5-6-8-26(22)30)27(34)19-33(24-13-11-23(29)12-14-24)38(36,37)25-15-9-20(2)10-16-25/h5-16,21H,4,17-19H2,1-3H3,(H,31,35)/t21-/m1/s1. The van der Waals surface area contributed by atoms with Crippen LogP contribution in [0.5, 0.6) is 0 Å². The minimum atomic E-state index is -4.26. The summed E-state index contributed by atoms with van der Waals surface area (Å²) in [7, 11) is -4.26. The van der Waals surface area contributed by atoms with Crippen molar-refractivity contribution < 1.29 is 26.8 Å². The highest BCUT2D eigenvalue weighted by atomic mass is 32.2. The Kier molecular flexibility index (Phi) is 9.57. The molecule has 0 aromatic heterocycles. The molecule has 0 saturated heterocycles. The fourth-order valence-corrected chi connectivity index (χ4v) is 5.18. The van der Waals surface area contributed by atoms with Gasteiger partial charge in [-0.2, -0.15) is 0 Å². The highest BCUT2D eigenvalue weighted by molar-refractivity contribution is 7.92. The Morgan fingerprint density at radius 3 is 2.18 bits per heavy atom. The molecule has 0 radical (unpaired) electrons. The second kappa shape index (κ2) is 12.6. The Balaban J connectivity index is 2.02. The molecule has 38 heavy (non-hydrogen) atoms. The molecule has 1 atom stereocenters. The van der Waals surface area contributed by atoms with Crippen LogP contribution in [0.15, 0.2) is 77.7 Å². The second-order valence-electron chi connectivity index (χ2n) is 8.88. The van der Waals surface area contributed by atoms with Crippen molar-refractivity contribution in [3.8, 4) is 0 Å². The molecule has 10 heteroatoms. The fraction of sp³-hybridized carbons (Fsp3) is 0.286. The van der Waals surface area contributed by atoms with E-state index in [1.807, 2.05) is 13.8 Å². The summed E-state index contributed by atoms with van der Waals surface area (Å²) in [6.45, 7) is 4.62. The molecule has 1 N–H and O–H groups in total. The zero-order valence-corrected chi connectivity index (χ0v) is 22.3. The molecule has 2 amide bonds. The number of nitrogens with one attached hydrogen (secondary N) is 1. The van der Waals surface area contributed by atoms with Gasteiger partial charge in [0.1, 0.15) is 24.2 Å². The molecule has 3 rings (SSSR count). The van der Waals surface area contributed by atoms with Gasteiger partial charge in [-0.1, -0.05) is 42.8 Å². The number of hydrogen-bond acceptors (Lipinski definition) is 4. The molecule has 3 aromatic carbocycles. The van der Waals surface area contributed by atoms with Crippen LogP contribution in [0.3, 0.4) is 0 Å². The zero-order chi connectivity index (χ0) is 27.9. The van der Waals surface area contributed by atoms with E-state index < -0.39 is 46.1 Å². The molecule has 3 aromatic rings. The summed E-state index contributed by atoms with van der Waals surface area (Å²) in [5.41, 5.74) is 1.08. The van der Waals surface area contributed by atoms with Gasteiger partial charge in [0.2, 0.25) is 11.8 Å². The average Bonchev–Trinajstić information content (AvgIpc) is 2.90. The number of sulfonamides is 1. The molecule has 0 aliphatic carbocycles. The van der Waals surface area contributed by atoms with Crippen molar-refractivity contribution >= 4 is 27.5 Å². The van der Waals surface area contributed by atoms with Crippen LogP contribution >= 0.6 is 0 Å². The van der Waals surface area contributed by atoms with Crippen LogP contribution in [0, 0.1) is 18.6 Å². The van der Waals surface area contributed by atoms with E-state index in [9.17, 15) is 26.8 Å². The highest BCUT2D eigenvalue weighted by Crippen LogP contribution is 2.25. The lowest BCUT2D eigenvalue weighted by molar-refractivity contribution is -0.139. The Morgan fingerprint density at radius 1 is 0.947 bits per heavy atom. The predicted molar refractivity (Wildman–Crippen MR) is 142 cm³/mol. The van der Waals surface area contributed by atoms with Gasteiger partial charge in [0.05, 0.1) is 10.6 Å². The van der Waals surface area contributed by atoms with Crippen molar-refractivity contribution in [1.82, 2.24) is 10.2 Å². The van der Waals surface area contributed by atoms with Crippen LogP contribution < -0.4 is 9.62 Å². The molecule has 0 bridgehead atoms. The lowest BCUT2D eigenvalue weighted by Crippen LogP contribution is -2.51. The maximum Gasteiger partial charge on any atom is 0.264 e. The average molecular weight is 544 g/mol. The van der Waals surface area contributed by atoms with E-state index in [-0.39, 0.29) is 22.7 Å². The highest BCUT2D eigenvalue weighted by Gasteiger charge is 2.32. The van der Waals surface area contributed by atoms with Gasteiger partial charge in [0, 0.05) is 18.7 Å². The number of aryl methyl sites for hydroxylation is 1. The lowest BCUT2D eigenvalue weighted by atomic mass is 10.1. The number of anilines is 1. The van der Waals surface area contributed by atoms with Gasteiger partial charge in [-0.25, -0.2) is 17.2 Å². The molecule has 0 fully saturated rings. The fourth-order valence-electron chi connectivity index (χ4n) is 3.76. The SMILES string of the molecule is CCCNC(=O)[C@@H](C)N(Cc1ccccc1F)C(=O)CN(c1ccc(F)cc1)S(=O)(=O)c1ccc(C)cc1. The van der Waals surface area contributed by atoms with Crippen molar-refractivity contribution in [3.63, 3.8) is 0 Å². The number of amides is 2. The summed E-state index contributed by atoms with van der Waals surface area (Å²) < 4.78 is 56.4. The topological polar surface area (TPSA) is 86.8 Å². The normalized spacial score (nSPS) is 12.0. The van der Waals surface area contributed by atoms with E-state index >= 15 is 0 Å². The van der Waals surface area contributed by atoms with Crippen LogP contribution in [0.4, 0.5) is 14.5 Å². The van der Waals surface area contributed by atoms with Gasteiger partial charge in [-0.05, 0) is 62.7 Å². The summed E-state index contributed by atoms with van der Waals surface area (Å²) in [5.74, 6) is -2.32. The molecular formula is C28H31F2N3O4S. The molecule has 0 aliphatic heterocycles. The van der Waals surface area contributed by atoms with E-state index in [0.29, 0.717) is 13.0 Å². The van der Waals surface area contributed by atoms with Crippen LogP contribution in [-0.2, 0) is 26.2 Å². The van der Waals surface area contributed by atoms with Crippen LogP contribution in [0.1, 0.15) is 31.4 Å². The van der Waals surface area contributed by atoms with Gasteiger partial charge in [0.15, 0.2) is 0 Å². The van der Waals surface area contributed by atoms with Crippen molar-refractivity contribution in [1.29, 1.82) is 0 Å². The first kappa shape index (κ1) is 28.8. The van der Waals surface area contributed by atoms with Crippen LogP contribution in [0.25, 0.3) is 0 Å². The third kappa shape index (κ3) is 6.95. The third-order valence-corrected chi connectivity index (χ3v) is 7.81. The van der Waals surface area contributed by atoms with Gasteiger partial charge in [0.25, 0.3) is 10.0 Å². The Labute approximate surface area is 222 Å². The summed E-state index contributed by atoms with van der Waals surface area (Å²) in [6.07, 6.45) is 0.673. The zero-order valence-electron chi connectivity index (χ0n) is 21.5. The number of hydrogen-bond donors (Lipinski definition) is 1. The molecule has 0 spiro atoms. The molecule has 0 saturated carbocycles. The second-order valence-corrected chi connectivity index (χ2v) is 10.7. The van der Waals surface area contributed by atoms with Gasteiger partial charge in [-0.15, -0.1) is 0 Å². The van der Waals surface area contributed by atoms with Crippen LogP contribution in [-0.4, -0.2) is 44.3 Å². The maximum atomic E-state index is 14.5. The number of halogens is 2. The van der Waals surface area contributed by atoms with E-state index in [2.05, 4.69) is 5.32 Å². The number of rotatable bonds is 11. The van der Waals surface area contributed by atoms with Gasteiger partial charge in [-0.3, -0.25) is 13.9 Å². The smallest absolute Gasteiger partial charge is 0.264 e. The van der Waals surface area contributed by atoms with Crippen LogP contribution in [0.2, 0.25) is 0 Å².